The van der Waals surface area contributed by atoms with E-state index < -0.39 is 0 Å². The third kappa shape index (κ3) is 3.79. The van der Waals surface area contributed by atoms with Gasteiger partial charge in [-0.15, -0.1) is 0 Å². The van der Waals surface area contributed by atoms with Crippen LogP contribution in [-0.2, 0) is 0 Å². The molecular formula is C12H21N3O. The highest BCUT2D eigenvalue weighted by Gasteiger charge is 2.12. The van der Waals surface area contributed by atoms with Gasteiger partial charge in [-0.1, -0.05) is 13.8 Å². The lowest BCUT2D eigenvalue weighted by Crippen LogP contribution is -2.29. The van der Waals surface area contributed by atoms with Crippen LogP contribution >= 0.6 is 0 Å². The number of aromatic nitrogens is 1. The second kappa shape index (κ2) is 6.45. The Morgan fingerprint density at radius 3 is 2.75 bits per heavy atom. The molecule has 0 bridgehead atoms. The van der Waals surface area contributed by atoms with Crippen molar-refractivity contribution in [2.45, 2.75) is 33.2 Å². The fourth-order valence-corrected chi connectivity index (χ4v) is 1.64. The van der Waals surface area contributed by atoms with Crippen LogP contribution < -0.4 is 16.0 Å². The van der Waals surface area contributed by atoms with Gasteiger partial charge >= 0.3 is 0 Å². The maximum atomic E-state index is 5.56. The van der Waals surface area contributed by atoms with E-state index in [-0.39, 0.29) is 6.04 Å². The zero-order valence-electron chi connectivity index (χ0n) is 10.2. The van der Waals surface area contributed by atoms with E-state index in [2.05, 4.69) is 24.3 Å². The van der Waals surface area contributed by atoms with Gasteiger partial charge in [-0.3, -0.25) is 16.3 Å². The van der Waals surface area contributed by atoms with Crippen LogP contribution in [-0.4, -0.2) is 11.6 Å². The zero-order valence-corrected chi connectivity index (χ0v) is 10.2. The van der Waals surface area contributed by atoms with E-state index in [4.69, 9.17) is 10.6 Å². The fourth-order valence-electron chi connectivity index (χ4n) is 1.64. The molecule has 0 aliphatic heterocycles. The van der Waals surface area contributed by atoms with Gasteiger partial charge < -0.3 is 4.74 Å². The van der Waals surface area contributed by atoms with Crippen LogP contribution in [0.25, 0.3) is 0 Å². The smallest absolute Gasteiger partial charge is 0.137 e. The molecule has 0 spiro atoms. The van der Waals surface area contributed by atoms with Gasteiger partial charge in [0.05, 0.1) is 12.8 Å². The van der Waals surface area contributed by atoms with E-state index in [0.717, 1.165) is 17.7 Å². The predicted octanol–water partition coefficient (Wildman–Crippen LogP) is 2.03. The molecule has 0 amide bonds. The molecule has 1 aromatic rings. The first-order chi connectivity index (χ1) is 7.67. The first-order valence-electron chi connectivity index (χ1n) is 5.71. The van der Waals surface area contributed by atoms with Crippen LogP contribution in [0, 0.1) is 5.92 Å². The Labute approximate surface area is 97.2 Å². The molecule has 4 nitrogen and oxygen atoms in total. The molecule has 0 fully saturated rings. The maximum Gasteiger partial charge on any atom is 0.137 e. The van der Waals surface area contributed by atoms with Gasteiger partial charge in [0.25, 0.3) is 0 Å². The minimum absolute atomic E-state index is 0.132. The summed E-state index contributed by atoms with van der Waals surface area (Å²) in [5.41, 5.74) is 3.89. The number of nitrogens with one attached hydrogen (secondary N) is 1. The lowest BCUT2D eigenvalue weighted by atomic mass is 9.99. The first-order valence-corrected chi connectivity index (χ1v) is 5.71. The summed E-state index contributed by atoms with van der Waals surface area (Å²) in [6, 6.07) is 2.12. The highest BCUT2D eigenvalue weighted by Crippen LogP contribution is 2.22. The number of pyridine rings is 1. The Morgan fingerprint density at radius 1 is 1.44 bits per heavy atom. The third-order valence-electron chi connectivity index (χ3n) is 2.36. The van der Waals surface area contributed by atoms with E-state index in [0.29, 0.717) is 12.5 Å². The standard InChI is InChI=1S/C12H21N3O/c1-4-16-11-6-10(7-14-8-11)12(15-13)5-9(2)3/h6-9,12,15H,4-5,13H2,1-3H3. The normalized spacial score (nSPS) is 12.8. The Balaban J connectivity index is 2.79. The Kier molecular flexibility index (Phi) is 5.22. The van der Waals surface area contributed by atoms with Crippen molar-refractivity contribution in [3.8, 4) is 5.75 Å². The van der Waals surface area contributed by atoms with Crippen molar-refractivity contribution in [3.05, 3.63) is 24.0 Å². The molecule has 16 heavy (non-hydrogen) atoms. The summed E-state index contributed by atoms with van der Waals surface area (Å²) >= 11 is 0. The predicted molar refractivity (Wildman–Crippen MR) is 64.9 cm³/mol. The number of nitrogens with zero attached hydrogens (tertiary/aromatic N) is 1. The number of hydrazine groups is 1. The highest BCUT2D eigenvalue weighted by atomic mass is 16.5. The summed E-state index contributed by atoms with van der Waals surface area (Å²) in [6.45, 7) is 6.95. The Bertz CT molecular complexity index is 315. The quantitative estimate of drug-likeness (QED) is 0.572. The summed E-state index contributed by atoms with van der Waals surface area (Å²) < 4.78 is 5.42. The second-order valence-corrected chi connectivity index (χ2v) is 4.24. The monoisotopic (exact) mass is 223 g/mol. The number of rotatable bonds is 6. The number of nitrogens with two attached hydrogens (primary N) is 1. The fraction of sp³-hybridized carbons (Fsp3) is 0.583. The van der Waals surface area contributed by atoms with Crippen molar-refractivity contribution < 1.29 is 4.74 Å². The SMILES string of the molecule is CCOc1cncc(C(CC(C)C)NN)c1. The number of hydrogen-bond donors (Lipinski definition) is 2. The average molecular weight is 223 g/mol. The van der Waals surface area contributed by atoms with Gasteiger partial charge in [0.15, 0.2) is 0 Å². The molecule has 3 N–H and O–H groups in total. The summed E-state index contributed by atoms with van der Waals surface area (Å²) in [5.74, 6) is 6.93. The summed E-state index contributed by atoms with van der Waals surface area (Å²) in [7, 11) is 0. The minimum atomic E-state index is 0.132. The highest BCUT2D eigenvalue weighted by molar-refractivity contribution is 5.25. The van der Waals surface area contributed by atoms with Crippen molar-refractivity contribution in [2.24, 2.45) is 11.8 Å². The van der Waals surface area contributed by atoms with Gasteiger partial charge in [0.2, 0.25) is 0 Å². The Hall–Kier alpha value is -1.13. The van der Waals surface area contributed by atoms with Crippen molar-refractivity contribution in [3.63, 3.8) is 0 Å². The summed E-state index contributed by atoms with van der Waals surface area (Å²) in [5, 5.41) is 0. The lowest BCUT2D eigenvalue weighted by Gasteiger charge is -2.18. The van der Waals surface area contributed by atoms with Crippen molar-refractivity contribution in [1.29, 1.82) is 0 Å². The van der Waals surface area contributed by atoms with E-state index in [1.807, 2.05) is 19.2 Å². The molecule has 0 saturated carbocycles. The second-order valence-electron chi connectivity index (χ2n) is 4.24. The maximum absolute atomic E-state index is 5.56. The lowest BCUT2D eigenvalue weighted by molar-refractivity contribution is 0.337. The van der Waals surface area contributed by atoms with Gasteiger partial charge in [-0.25, -0.2) is 0 Å². The molecule has 0 aromatic carbocycles. The van der Waals surface area contributed by atoms with Crippen molar-refractivity contribution >= 4 is 0 Å². The van der Waals surface area contributed by atoms with E-state index in [9.17, 15) is 0 Å². The van der Waals surface area contributed by atoms with Crippen LogP contribution in [0.4, 0.5) is 0 Å². The van der Waals surface area contributed by atoms with Crippen LogP contribution in [0.3, 0.4) is 0 Å². The molecule has 0 saturated heterocycles. The molecule has 90 valence electrons. The van der Waals surface area contributed by atoms with E-state index in [1.54, 1.807) is 6.20 Å². The molecule has 1 atom stereocenters. The zero-order chi connectivity index (χ0) is 12.0. The molecular weight excluding hydrogens is 202 g/mol. The summed E-state index contributed by atoms with van der Waals surface area (Å²) in [4.78, 5) is 4.16. The van der Waals surface area contributed by atoms with Gasteiger partial charge in [0.1, 0.15) is 5.75 Å². The molecule has 1 rings (SSSR count). The molecule has 1 aromatic heterocycles. The largest absolute Gasteiger partial charge is 0.492 e. The summed E-state index contributed by atoms with van der Waals surface area (Å²) in [6.07, 6.45) is 4.53. The minimum Gasteiger partial charge on any atom is -0.492 e. The molecule has 4 heteroatoms. The van der Waals surface area contributed by atoms with Crippen molar-refractivity contribution in [2.75, 3.05) is 6.61 Å². The van der Waals surface area contributed by atoms with Crippen LogP contribution in [0.1, 0.15) is 38.8 Å². The van der Waals surface area contributed by atoms with E-state index in [1.165, 1.54) is 0 Å². The number of ether oxygens (including phenoxy) is 1. The topological polar surface area (TPSA) is 60.2 Å². The van der Waals surface area contributed by atoms with Gasteiger partial charge in [-0.2, -0.15) is 0 Å². The average Bonchev–Trinajstić information content (AvgIpc) is 2.26. The van der Waals surface area contributed by atoms with E-state index >= 15 is 0 Å². The van der Waals surface area contributed by atoms with Crippen LogP contribution in [0.15, 0.2) is 18.5 Å². The molecule has 0 radical (unpaired) electrons. The van der Waals surface area contributed by atoms with Gasteiger partial charge in [0, 0.05) is 12.2 Å². The van der Waals surface area contributed by atoms with Crippen LogP contribution in [0.2, 0.25) is 0 Å². The first kappa shape index (κ1) is 12.9. The van der Waals surface area contributed by atoms with Crippen LogP contribution in [0.5, 0.6) is 5.75 Å². The third-order valence-corrected chi connectivity index (χ3v) is 2.36. The molecule has 0 aliphatic carbocycles. The molecule has 1 heterocycles. The molecule has 1 unspecified atom stereocenters. The number of hydrogen-bond acceptors (Lipinski definition) is 4. The molecule has 0 aliphatic rings. The Morgan fingerprint density at radius 2 is 2.19 bits per heavy atom. The van der Waals surface area contributed by atoms with Gasteiger partial charge in [-0.05, 0) is 30.9 Å². The van der Waals surface area contributed by atoms with Crippen molar-refractivity contribution in [1.82, 2.24) is 10.4 Å².